The molecule has 5 heteroatoms. The van der Waals surface area contributed by atoms with Gasteiger partial charge in [0.05, 0.1) is 0 Å². The summed E-state index contributed by atoms with van der Waals surface area (Å²) in [6.45, 7) is 9.72. The molecule has 1 N–H and O–H groups in total. The van der Waals surface area contributed by atoms with E-state index < -0.39 is 0 Å². The summed E-state index contributed by atoms with van der Waals surface area (Å²) in [6.07, 6.45) is 2.08. The predicted octanol–water partition coefficient (Wildman–Crippen LogP) is 4.11. The zero-order chi connectivity index (χ0) is 20.4. The van der Waals surface area contributed by atoms with Gasteiger partial charge in [0.1, 0.15) is 0 Å². The van der Waals surface area contributed by atoms with E-state index in [4.69, 9.17) is 11.6 Å². The second-order valence-electron chi connectivity index (χ2n) is 8.78. The molecule has 0 radical (unpaired) electrons. The summed E-state index contributed by atoms with van der Waals surface area (Å²) in [6, 6.07) is 14.4. The molecule has 0 bridgehead atoms. The molecule has 0 spiro atoms. The Morgan fingerprint density at radius 3 is 2.52 bits per heavy atom. The molecule has 1 amide bonds. The van der Waals surface area contributed by atoms with E-state index in [9.17, 15) is 4.79 Å². The van der Waals surface area contributed by atoms with E-state index in [-0.39, 0.29) is 11.4 Å². The summed E-state index contributed by atoms with van der Waals surface area (Å²) in [7, 11) is 0. The summed E-state index contributed by atoms with van der Waals surface area (Å²) in [5, 5.41) is 4.10. The lowest BCUT2D eigenvalue weighted by atomic mass is 9.93. The lowest BCUT2D eigenvalue weighted by Gasteiger charge is -2.35. The summed E-state index contributed by atoms with van der Waals surface area (Å²) < 4.78 is 0. The quantitative estimate of drug-likeness (QED) is 0.804. The van der Waals surface area contributed by atoms with Crippen LogP contribution in [0.25, 0.3) is 0 Å². The normalized spacial score (nSPS) is 17.4. The number of piperazine rings is 1. The maximum absolute atomic E-state index is 13.1. The fourth-order valence-corrected chi connectivity index (χ4v) is 4.47. The van der Waals surface area contributed by atoms with Crippen molar-refractivity contribution in [2.75, 3.05) is 26.2 Å². The van der Waals surface area contributed by atoms with E-state index in [2.05, 4.69) is 42.3 Å². The van der Waals surface area contributed by atoms with Crippen LogP contribution in [0, 0.1) is 0 Å². The number of benzene rings is 2. The third kappa shape index (κ3) is 4.50. The molecule has 1 fully saturated rings. The van der Waals surface area contributed by atoms with Gasteiger partial charge in [-0.25, -0.2) is 0 Å². The van der Waals surface area contributed by atoms with Gasteiger partial charge in [-0.3, -0.25) is 9.69 Å². The first-order valence-electron chi connectivity index (χ1n) is 10.5. The van der Waals surface area contributed by atoms with Crippen LogP contribution in [0.4, 0.5) is 0 Å². The molecule has 2 aromatic carbocycles. The van der Waals surface area contributed by atoms with Gasteiger partial charge >= 0.3 is 0 Å². The molecular formula is C24H30ClN3O. The van der Waals surface area contributed by atoms with Crippen molar-refractivity contribution in [2.24, 2.45) is 0 Å². The van der Waals surface area contributed by atoms with E-state index in [1.54, 1.807) is 0 Å². The van der Waals surface area contributed by atoms with E-state index >= 15 is 0 Å². The highest BCUT2D eigenvalue weighted by atomic mass is 35.5. The second kappa shape index (κ2) is 8.47. The molecule has 2 heterocycles. The van der Waals surface area contributed by atoms with E-state index in [0.29, 0.717) is 0 Å². The zero-order valence-electron chi connectivity index (χ0n) is 17.4. The number of fused-ring (bicyclic) bond motifs is 1. The number of carbonyl (C=O) groups excluding carboxylic acids is 1. The Morgan fingerprint density at radius 2 is 1.79 bits per heavy atom. The Balaban J connectivity index is 1.46. The molecule has 2 aliphatic rings. The Bertz CT molecular complexity index is 872. The number of halogens is 1. The van der Waals surface area contributed by atoms with Gasteiger partial charge in [-0.05, 0) is 61.6 Å². The van der Waals surface area contributed by atoms with Crippen molar-refractivity contribution in [1.82, 2.24) is 15.1 Å². The first kappa shape index (κ1) is 20.4. The van der Waals surface area contributed by atoms with Gasteiger partial charge in [0.25, 0.3) is 5.91 Å². The Hall–Kier alpha value is -1.88. The number of nitrogens with zero attached hydrogens (tertiary/aromatic N) is 2. The number of amides is 1. The van der Waals surface area contributed by atoms with Gasteiger partial charge in [-0.1, -0.05) is 35.9 Å². The monoisotopic (exact) mass is 411 g/mol. The van der Waals surface area contributed by atoms with E-state index in [1.165, 1.54) is 16.7 Å². The molecule has 0 atom stereocenters. The van der Waals surface area contributed by atoms with Crippen molar-refractivity contribution in [2.45, 2.75) is 45.3 Å². The first-order valence-corrected chi connectivity index (χ1v) is 10.9. The van der Waals surface area contributed by atoms with Crippen LogP contribution in [-0.4, -0.2) is 47.4 Å². The molecule has 2 aliphatic heterocycles. The summed E-state index contributed by atoms with van der Waals surface area (Å²) in [5.41, 5.74) is 4.77. The van der Waals surface area contributed by atoms with Gasteiger partial charge in [-0.15, -0.1) is 0 Å². The van der Waals surface area contributed by atoms with Gasteiger partial charge < -0.3 is 10.2 Å². The van der Waals surface area contributed by atoms with Crippen LogP contribution in [0.3, 0.4) is 0 Å². The average molecular weight is 412 g/mol. The minimum atomic E-state index is 0.0496. The van der Waals surface area contributed by atoms with Crippen LogP contribution < -0.4 is 5.32 Å². The van der Waals surface area contributed by atoms with Crippen molar-refractivity contribution in [3.63, 3.8) is 0 Å². The fraction of sp³-hybridized carbons (Fsp3) is 0.458. The largest absolute Gasteiger partial charge is 0.336 e. The van der Waals surface area contributed by atoms with Gasteiger partial charge in [0.2, 0.25) is 0 Å². The van der Waals surface area contributed by atoms with Gasteiger partial charge in [-0.2, -0.15) is 0 Å². The summed E-state index contributed by atoms with van der Waals surface area (Å²) in [5.74, 6) is 0.184. The maximum Gasteiger partial charge on any atom is 0.254 e. The smallest absolute Gasteiger partial charge is 0.254 e. The molecule has 0 unspecified atom stereocenters. The Morgan fingerprint density at radius 1 is 1.07 bits per heavy atom. The minimum absolute atomic E-state index is 0.0496. The minimum Gasteiger partial charge on any atom is -0.336 e. The lowest BCUT2D eigenvalue weighted by Crippen LogP contribution is -2.46. The molecular weight excluding hydrogens is 382 g/mol. The van der Waals surface area contributed by atoms with E-state index in [0.717, 1.165) is 62.7 Å². The molecule has 29 heavy (non-hydrogen) atoms. The third-order valence-electron chi connectivity index (χ3n) is 6.41. The van der Waals surface area contributed by atoms with Gasteiger partial charge in [0.15, 0.2) is 0 Å². The first-order chi connectivity index (χ1) is 13.9. The fourth-order valence-electron chi connectivity index (χ4n) is 4.35. The lowest BCUT2D eigenvalue weighted by molar-refractivity contribution is 0.0731. The Labute approximate surface area is 178 Å². The van der Waals surface area contributed by atoms with Crippen molar-refractivity contribution >= 4 is 17.5 Å². The van der Waals surface area contributed by atoms with Crippen LogP contribution >= 0.6 is 11.6 Å². The maximum atomic E-state index is 13.1. The molecule has 154 valence electrons. The highest BCUT2D eigenvalue weighted by molar-refractivity contribution is 6.30. The summed E-state index contributed by atoms with van der Waals surface area (Å²) in [4.78, 5) is 17.6. The number of rotatable bonds is 5. The van der Waals surface area contributed by atoms with Crippen molar-refractivity contribution < 1.29 is 4.79 Å². The van der Waals surface area contributed by atoms with Crippen LogP contribution in [0.2, 0.25) is 5.02 Å². The number of nitrogens with one attached hydrogen (secondary N) is 1. The molecule has 4 rings (SSSR count). The third-order valence-corrected chi connectivity index (χ3v) is 6.66. The van der Waals surface area contributed by atoms with Crippen molar-refractivity contribution in [1.29, 1.82) is 0 Å². The van der Waals surface area contributed by atoms with Crippen LogP contribution in [-0.2, 0) is 19.5 Å². The highest BCUT2D eigenvalue weighted by Crippen LogP contribution is 2.34. The molecule has 4 nitrogen and oxygen atoms in total. The standard InChI is InChI=1S/C24H30ClN3O/c1-24(2,11-10-18-6-8-20(25)9-7-18)28-16-19-4-3-5-21(22(19)17-28)23(29)27-14-12-26-13-15-27/h3-9,26H,10-17H2,1-2H3. The van der Waals surface area contributed by atoms with Crippen LogP contribution in [0.1, 0.15) is 47.3 Å². The number of aryl methyl sites for hydroxylation is 1. The summed E-state index contributed by atoms with van der Waals surface area (Å²) >= 11 is 6.01. The SMILES string of the molecule is CC(C)(CCc1ccc(Cl)cc1)N1Cc2cccc(C(=O)N3CCNCC3)c2C1. The zero-order valence-corrected chi connectivity index (χ0v) is 18.1. The predicted molar refractivity (Wildman–Crippen MR) is 118 cm³/mol. The van der Waals surface area contributed by atoms with Gasteiger partial charge in [0, 0.05) is 55.4 Å². The van der Waals surface area contributed by atoms with Crippen LogP contribution in [0.5, 0.6) is 0 Å². The highest BCUT2D eigenvalue weighted by Gasteiger charge is 2.34. The van der Waals surface area contributed by atoms with Crippen molar-refractivity contribution in [3.8, 4) is 0 Å². The van der Waals surface area contributed by atoms with E-state index in [1.807, 2.05) is 29.2 Å². The average Bonchev–Trinajstić information content (AvgIpc) is 3.19. The van der Waals surface area contributed by atoms with Crippen LogP contribution in [0.15, 0.2) is 42.5 Å². The topological polar surface area (TPSA) is 35.6 Å². The second-order valence-corrected chi connectivity index (χ2v) is 9.22. The molecule has 1 saturated heterocycles. The van der Waals surface area contributed by atoms with Crippen molar-refractivity contribution in [3.05, 3.63) is 69.7 Å². The number of hydrogen-bond donors (Lipinski definition) is 1. The molecule has 0 aromatic heterocycles. The number of carbonyl (C=O) groups is 1. The molecule has 0 saturated carbocycles. The molecule has 0 aliphatic carbocycles. The number of hydrogen-bond acceptors (Lipinski definition) is 3. The molecule has 2 aromatic rings. The Kier molecular flexibility index (Phi) is 5.95.